The molecule has 2 N–H and O–H groups in total. The third kappa shape index (κ3) is 4.31. The smallest absolute Gasteiger partial charge is 0.255 e. The van der Waals surface area contributed by atoms with Gasteiger partial charge >= 0.3 is 0 Å². The lowest BCUT2D eigenvalue weighted by atomic mass is 10.1. The molecule has 0 aliphatic carbocycles. The van der Waals surface area contributed by atoms with Gasteiger partial charge in [0, 0.05) is 35.4 Å². The van der Waals surface area contributed by atoms with Crippen molar-refractivity contribution in [2.45, 2.75) is 6.92 Å². The second kappa shape index (κ2) is 8.24. The van der Waals surface area contributed by atoms with Crippen LogP contribution < -0.4 is 10.6 Å². The van der Waals surface area contributed by atoms with Gasteiger partial charge in [-0.3, -0.25) is 9.36 Å². The van der Waals surface area contributed by atoms with E-state index in [9.17, 15) is 4.79 Å². The predicted octanol–water partition coefficient (Wildman–Crippen LogP) is 3.84. The van der Waals surface area contributed by atoms with Crippen LogP contribution in [0.3, 0.4) is 0 Å². The molecule has 146 valence electrons. The summed E-state index contributed by atoms with van der Waals surface area (Å²) in [5, 5.41) is 14.9. The number of nitriles is 1. The number of hydrogen-bond donors (Lipinski definition) is 2. The summed E-state index contributed by atoms with van der Waals surface area (Å²) in [6.07, 6.45) is 5.18. The Hall–Kier alpha value is -4.51. The zero-order valence-electron chi connectivity index (χ0n) is 16.1. The van der Waals surface area contributed by atoms with E-state index in [1.807, 2.05) is 42.0 Å². The van der Waals surface area contributed by atoms with Crippen molar-refractivity contribution in [3.63, 3.8) is 0 Å². The van der Waals surface area contributed by atoms with E-state index in [-0.39, 0.29) is 5.91 Å². The van der Waals surface area contributed by atoms with Gasteiger partial charge < -0.3 is 10.6 Å². The number of benzene rings is 2. The number of nitrogens with zero attached hydrogens (tertiary/aromatic N) is 5. The van der Waals surface area contributed by atoms with Crippen LogP contribution in [0.2, 0.25) is 0 Å². The Kier molecular flexibility index (Phi) is 5.17. The van der Waals surface area contributed by atoms with Gasteiger partial charge in [0.25, 0.3) is 5.91 Å². The second-order valence-corrected chi connectivity index (χ2v) is 6.47. The number of nitrogens with one attached hydrogen (secondary N) is 2. The SMILES string of the molecule is Cc1nc(Nc2ccc(NC(=O)c3ccc(C#N)cc3)cc2)cc(-n2ccnc2)n1. The van der Waals surface area contributed by atoms with E-state index < -0.39 is 0 Å². The lowest BCUT2D eigenvalue weighted by Gasteiger charge is -2.10. The summed E-state index contributed by atoms with van der Waals surface area (Å²) >= 11 is 0. The van der Waals surface area contributed by atoms with Gasteiger partial charge in [-0.05, 0) is 55.5 Å². The first-order valence-corrected chi connectivity index (χ1v) is 9.13. The summed E-state index contributed by atoms with van der Waals surface area (Å²) < 4.78 is 1.81. The van der Waals surface area contributed by atoms with Gasteiger partial charge in [-0.2, -0.15) is 5.26 Å². The van der Waals surface area contributed by atoms with Crippen LogP contribution in [0.5, 0.6) is 0 Å². The third-order valence-corrected chi connectivity index (χ3v) is 4.28. The van der Waals surface area contributed by atoms with E-state index in [1.54, 1.807) is 48.9 Å². The van der Waals surface area contributed by atoms with Gasteiger partial charge in [-0.15, -0.1) is 0 Å². The molecule has 2 heterocycles. The van der Waals surface area contributed by atoms with Gasteiger partial charge in [0.05, 0.1) is 11.6 Å². The predicted molar refractivity (Wildman–Crippen MR) is 113 cm³/mol. The molecule has 4 aromatic rings. The molecular formula is C22H17N7O. The number of aryl methyl sites for hydroxylation is 1. The molecule has 2 aromatic heterocycles. The first kappa shape index (κ1) is 18.8. The molecule has 0 saturated heterocycles. The zero-order chi connectivity index (χ0) is 20.9. The molecule has 0 radical (unpaired) electrons. The molecule has 30 heavy (non-hydrogen) atoms. The second-order valence-electron chi connectivity index (χ2n) is 6.47. The molecular weight excluding hydrogens is 378 g/mol. The fraction of sp³-hybridized carbons (Fsp3) is 0.0455. The van der Waals surface area contributed by atoms with E-state index in [1.165, 1.54) is 0 Å². The van der Waals surface area contributed by atoms with Crippen LogP contribution in [0.15, 0.2) is 73.3 Å². The number of imidazole rings is 1. The van der Waals surface area contributed by atoms with Crippen LogP contribution in [0, 0.1) is 18.3 Å². The Bertz CT molecular complexity index is 1210. The Morgan fingerprint density at radius 2 is 1.77 bits per heavy atom. The molecule has 8 heteroatoms. The topological polar surface area (TPSA) is 109 Å². The maximum Gasteiger partial charge on any atom is 0.255 e. The Balaban J connectivity index is 1.45. The maximum atomic E-state index is 12.3. The molecule has 0 saturated carbocycles. The fourth-order valence-corrected chi connectivity index (χ4v) is 2.83. The number of aromatic nitrogens is 4. The Morgan fingerprint density at radius 1 is 1.03 bits per heavy atom. The summed E-state index contributed by atoms with van der Waals surface area (Å²) in [4.78, 5) is 25.2. The van der Waals surface area contributed by atoms with Crippen molar-refractivity contribution in [2.75, 3.05) is 10.6 Å². The normalized spacial score (nSPS) is 10.3. The highest BCUT2D eigenvalue weighted by molar-refractivity contribution is 6.04. The highest BCUT2D eigenvalue weighted by Crippen LogP contribution is 2.20. The number of carbonyl (C=O) groups excluding carboxylic acids is 1. The van der Waals surface area contributed by atoms with Gasteiger partial charge in [-0.25, -0.2) is 15.0 Å². The summed E-state index contributed by atoms with van der Waals surface area (Å²) in [6.45, 7) is 1.83. The zero-order valence-corrected chi connectivity index (χ0v) is 16.1. The summed E-state index contributed by atoms with van der Waals surface area (Å²) in [6, 6.07) is 17.6. The Labute approximate surface area is 172 Å². The van der Waals surface area contributed by atoms with E-state index in [2.05, 4.69) is 25.6 Å². The molecule has 0 atom stereocenters. The molecule has 8 nitrogen and oxygen atoms in total. The Morgan fingerprint density at radius 3 is 2.43 bits per heavy atom. The molecule has 0 fully saturated rings. The van der Waals surface area contributed by atoms with Crippen LogP contribution >= 0.6 is 0 Å². The third-order valence-electron chi connectivity index (χ3n) is 4.28. The summed E-state index contributed by atoms with van der Waals surface area (Å²) in [7, 11) is 0. The van der Waals surface area contributed by atoms with Gasteiger partial charge in [0.2, 0.25) is 0 Å². The van der Waals surface area contributed by atoms with Crippen molar-refractivity contribution in [1.29, 1.82) is 5.26 Å². The summed E-state index contributed by atoms with van der Waals surface area (Å²) in [5.74, 6) is 1.76. The minimum absolute atomic E-state index is 0.239. The fourth-order valence-electron chi connectivity index (χ4n) is 2.83. The van der Waals surface area contributed by atoms with Crippen molar-refractivity contribution in [3.8, 4) is 11.9 Å². The van der Waals surface area contributed by atoms with Crippen molar-refractivity contribution >= 4 is 23.1 Å². The van der Waals surface area contributed by atoms with Crippen molar-refractivity contribution in [1.82, 2.24) is 19.5 Å². The maximum absolute atomic E-state index is 12.3. The summed E-state index contributed by atoms with van der Waals surface area (Å²) in [5.41, 5.74) is 2.48. The highest BCUT2D eigenvalue weighted by Gasteiger charge is 2.07. The van der Waals surface area contributed by atoms with Crippen LogP contribution in [0.25, 0.3) is 5.82 Å². The van der Waals surface area contributed by atoms with E-state index >= 15 is 0 Å². The quantitative estimate of drug-likeness (QED) is 0.531. The number of amides is 1. The van der Waals surface area contributed by atoms with Crippen molar-refractivity contribution in [2.24, 2.45) is 0 Å². The average molecular weight is 395 g/mol. The van der Waals surface area contributed by atoms with E-state index in [0.29, 0.717) is 34.3 Å². The van der Waals surface area contributed by atoms with E-state index in [0.717, 1.165) is 5.69 Å². The monoisotopic (exact) mass is 395 g/mol. The standard InChI is InChI=1S/C22H17N7O/c1-15-25-20(12-21(26-15)29-11-10-24-14-29)27-18-6-8-19(9-7-18)28-22(30)17-4-2-16(13-23)3-5-17/h2-12,14H,1H3,(H,28,30)(H,25,26,27). The van der Waals surface area contributed by atoms with Crippen molar-refractivity contribution < 1.29 is 4.79 Å². The van der Waals surface area contributed by atoms with Crippen LogP contribution in [0.4, 0.5) is 17.2 Å². The number of rotatable bonds is 5. The van der Waals surface area contributed by atoms with E-state index in [4.69, 9.17) is 5.26 Å². The molecule has 0 spiro atoms. The average Bonchev–Trinajstić information content (AvgIpc) is 3.30. The van der Waals surface area contributed by atoms with Crippen LogP contribution in [0.1, 0.15) is 21.7 Å². The molecule has 1 amide bonds. The van der Waals surface area contributed by atoms with Crippen LogP contribution in [-0.4, -0.2) is 25.4 Å². The van der Waals surface area contributed by atoms with Gasteiger partial charge in [-0.1, -0.05) is 0 Å². The lowest BCUT2D eigenvalue weighted by Crippen LogP contribution is -2.11. The first-order chi connectivity index (χ1) is 14.6. The molecule has 0 unspecified atom stereocenters. The minimum Gasteiger partial charge on any atom is -0.340 e. The molecule has 2 aromatic carbocycles. The van der Waals surface area contributed by atoms with Gasteiger partial charge in [0.1, 0.15) is 23.8 Å². The number of hydrogen-bond acceptors (Lipinski definition) is 6. The molecule has 0 bridgehead atoms. The largest absolute Gasteiger partial charge is 0.340 e. The molecule has 4 rings (SSSR count). The molecule has 0 aliphatic rings. The van der Waals surface area contributed by atoms with Crippen molar-refractivity contribution in [3.05, 3.63) is 90.3 Å². The molecule has 0 aliphatic heterocycles. The number of carbonyl (C=O) groups is 1. The first-order valence-electron chi connectivity index (χ1n) is 9.13. The van der Waals surface area contributed by atoms with Gasteiger partial charge in [0.15, 0.2) is 0 Å². The lowest BCUT2D eigenvalue weighted by molar-refractivity contribution is 0.102. The number of anilines is 3. The minimum atomic E-state index is -0.239. The highest BCUT2D eigenvalue weighted by atomic mass is 16.1. The van der Waals surface area contributed by atoms with Crippen LogP contribution in [-0.2, 0) is 0 Å².